The second kappa shape index (κ2) is 7.35. The molecule has 1 aliphatic heterocycles. The number of piperazine rings is 1. The number of carbonyl (C=O) groups excluding carboxylic acids is 1. The van der Waals surface area contributed by atoms with Crippen LogP contribution in [-0.2, 0) is 7.05 Å². The summed E-state index contributed by atoms with van der Waals surface area (Å²) >= 11 is 0. The van der Waals surface area contributed by atoms with Crippen LogP contribution in [0.2, 0.25) is 0 Å². The van der Waals surface area contributed by atoms with Crippen LogP contribution in [0, 0.1) is 0 Å². The zero-order valence-corrected chi connectivity index (χ0v) is 15.9. The molecule has 3 aromatic rings. The third-order valence-electron chi connectivity index (χ3n) is 5.20. The molecule has 0 radical (unpaired) electrons. The van der Waals surface area contributed by atoms with Gasteiger partial charge in [-0.3, -0.25) is 4.79 Å². The van der Waals surface area contributed by atoms with Crippen molar-refractivity contribution in [3.8, 4) is 5.75 Å². The highest BCUT2D eigenvalue weighted by Crippen LogP contribution is 2.29. The predicted octanol–water partition coefficient (Wildman–Crippen LogP) is 3.54. The van der Waals surface area contributed by atoms with Gasteiger partial charge in [0.1, 0.15) is 5.75 Å². The van der Waals surface area contributed by atoms with Gasteiger partial charge in [-0.1, -0.05) is 30.3 Å². The van der Waals surface area contributed by atoms with Gasteiger partial charge in [0.2, 0.25) is 0 Å². The van der Waals surface area contributed by atoms with E-state index in [1.54, 1.807) is 0 Å². The maximum Gasteiger partial charge on any atom is 0.256 e. The van der Waals surface area contributed by atoms with E-state index < -0.39 is 0 Å². The normalized spacial score (nSPS) is 14.6. The van der Waals surface area contributed by atoms with E-state index in [-0.39, 0.29) is 5.91 Å². The lowest BCUT2D eigenvalue weighted by molar-refractivity contribution is 0.0748. The molecule has 27 heavy (non-hydrogen) atoms. The smallest absolute Gasteiger partial charge is 0.256 e. The number of rotatable bonds is 4. The first-order valence-corrected chi connectivity index (χ1v) is 9.49. The summed E-state index contributed by atoms with van der Waals surface area (Å²) in [6, 6.07) is 16.2. The molecule has 5 heteroatoms. The molecule has 1 aliphatic rings. The Balaban J connectivity index is 1.50. The lowest BCUT2D eigenvalue weighted by atomic mass is 10.1. The highest BCUT2D eigenvalue weighted by molar-refractivity contribution is 6.07. The molecule has 2 heterocycles. The van der Waals surface area contributed by atoms with Gasteiger partial charge in [-0.25, -0.2) is 0 Å². The maximum atomic E-state index is 13.1. The second-order valence-electron chi connectivity index (χ2n) is 6.85. The number of ether oxygens (including phenoxy) is 1. The first-order valence-electron chi connectivity index (χ1n) is 9.49. The monoisotopic (exact) mass is 363 g/mol. The first kappa shape index (κ1) is 17.5. The van der Waals surface area contributed by atoms with Gasteiger partial charge in [0.25, 0.3) is 5.91 Å². The fourth-order valence-electron chi connectivity index (χ4n) is 3.83. The van der Waals surface area contributed by atoms with Gasteiger partial charge in [0.15, 0.2) is 0 Å². The molecule has 1 fully saturated rings. The van der Waals surface area contributed by atoms with Crippen molar-refractivity contribution < 1.29 is 9.53 Å². The van der Waals surface area contributed by atoms with Gasteiger partial charge in [-0.2, -0.15) is 0 Å². The molecule has 0 unspecified atom stereocenters. The van der Waals surface area contributed by atoms with Crippen LogP contribution in [0.3, 0.4) is 0 Å². The number of amides is 1. The third kappa shape index (κ3) is 3.25. The number of aryl methyl sites for hydroxylation is 1. The third-order valence-corrected chi connectivity index (χ3v) is 5.20. The number of fused-ring (bicyclic) bond motifs is 1. The molecule has 0 aliphatic carbocycles. The molecule has 140 valence electrons. The molecule has 5 nitrogen and oxygen atoms in total. The van der Waals surface area contributed by atoms with E-state index in [9.17, 15) is 4.79 Å². The Morgan fingerprint density at radius 3 is 2.48 bits per heavy atom. The Kier molecular flexibility index (Phi) is 4.75. The van der Waals surface area contributed by atoms with Gasteiger partial charge in [-0.15, -0.1) is 0 Å². The Morgan fingerprint density at radius 2 is 1.70 bits per heavy atom. The Bertz CT molecular complexity index is 955. The van der Waals surface area contributed by atoms with Crippen LogP contribution in [0.15, 0.2) is 54.7 Å². The summed E-state index contributed by atoms with van der Waals surface area (Å²) < 4.78 is 7.78. The van der Waals surface area contributed by atoms with Crippen molar-refractivity contribution in [1.29, 1.82) is 0 Å². The lowest BCUT2D eigenvalue weighted by Gasteiger charge is -2.36. The summed E-state index contributed by atoms with van der Waals surface area (Å²) in [5, 5.41) is 1.02. The average molecular weight is 363 g/mol. The highest BCUT2D eigenvalue weighted by atomic mass is 16.5. The van der Waals surface area contributed by atoms with E-state index in [4.69, 9.17) is 4.74 Å². The van der Waals surface area contributed by atoms with Crippen LogP contribution in [0.25, 0.3) is 10.9 Å². The number of anilines is 1. The topological polar surface area (TPSA) is 37.7 Å². The van der Waals surface area contributed by atoms with E-state index in [1.807, 2.05) is 66.0 Å². The van der Waals surface area contributed by atoms with Gasteiger partial charge in [0, 0.05) is 50.3 Å². The molecule has 1 amide bonds. The van der Waals surface area contributed by atoms with E-state index >= 15 is 0 Å². The second-order valence-corrected chi connectivity index (χ2v) is 6.85. The minimum atomic E-state index is 0.115. The molecule has 2 aromatic carbocycles. The molecule has 0 spiro atoms. The molecule has 0 N–H and O–H groups in total. The minimum absolute atomic E-state index is 0.115. The van der Waals surface area contributed by atoms with Crippen LogP contribution < -0.4 is 9.64 Å². The fourth-order valence-corrected chi connectivity index (χ4v) is 3.83. The number of carbonyl (C=O) groups is 1. The van der Waals surface area contributed by atoms with E-state index in [0.29, 0.717) is 19.7 Å². The summed E-state index contributed by atoms with van der Waals surface area (Å²) in [6.45, 7) is 5.68. The lowest BCUT2D eigenvalue weighted by Crippen LogP contribution is -2.48. The van der Waals surface area contributed by atoms with Crippen molar-refractivity contribution in [2.45, 2.75) is 6.92 Å². The van der Waals surface area contributed by atoms with E-state index in [0.717, 1.165) is 41.0 Å². The maximum absolute atomic E-state index is 13.1. The Hall–Kier alpha value is -2.95. The summed E-state index contributed by atoms with van der Waals surface area (Å²) in [4.78, 5) is 17.4. The molecule has 4 rings (SSSR count). The molecule has 1 saturated heterocycles. The van der Waals surface area contributed by atoms with Gasteiger partial charge in [-0.05, 0) is 25.1 Å². The SMILES string of the molecule is CCOc1ccccc1N1CCN(C(=O)c2cn(C)c3ccccc23)CC1. The van der Waals surface area contributed by atoms with Crippen LogP contribution in [0.4, 0.5) is 5.69 Å². The van der Waals surface area contributed by atoms with Crippen LogP contribution in [0.5, 0.6) is 5.75 Å². The molecular weight excluding hydrogens is 338 g/mol. The average Bonchev–Trinajstić information content (AvgIpc) is 3.05. The van der Waals surface area contributed by atoms with Crippen LogP contribution in [0.1, 0.15) is 17.3 Å². The summed E-state index contributed by atoms with van der Waals surface area (Å²) in [5.41, 5.74) is 2.98. The number of para-hydroxylation sites is 3. The number of aromatic nitrogens is 1. The van der Waals surface area contributed by atoms with Crippen molar-refractivity contribution >= 4 is 22.5 Å². The molecular formula is C22H25N3O2. The predicted molar refractivity (Wildman–Crippen MR) is 109 cm³/mol. The number of benzene rings is 2. The number of hydrogen-bond donors (Lipinski definition) is 0. The highest BCUT2D eigenvalue weighted by Gasteiger charge is 2.25. The standard InChI is InChI=1S/C22H25N3O2/c1-3-27-21-11-7-6-10-20(21)24-12-14-25(15-13-24)22(26)18-16-23(2)19-9-5-4-8-17(18)19/h4-11,16H,3,12-15H2,1-2H3. The van der Waals surface area contributed by atoms with Crippen molar-refractivity contribution in [1.82, 2.24) is 9.47 Å². The van der Waals surface area contributed by atoms with Gasteiger partial charge < -0.3 is 19.1 Å². The number of nitrogens with zero attached hydrogens (tertiary/aromatic N) is 3. The molecule has 0 atom stereocenters. The molecule has 0 bridgehead atoms. The molecule has 1 aromatic heterocycles. The summed E-state index contributed by atoms with van der Waals surface area (Å²) in [7, 11) is 1.99. The van der Waals surface area contributed by atoms with Crippen LogP contribution >= 0.6 is 0 Å². The zero-order valence-electron chi connectivity index (χ0n) is 15.9. The quantitative estimate of drug-likeness (QED) is 0.712. The largest absolute Gasteiger partial charge is 0.492 e. The van der Waals surface area contributed by atoms with E-state index in [1.165, 1.54) is 0 Å². The fraction of sp³-hybridized carbons (Fsp3) is 0.318. The molecule has 0 saturated carbocycles. The van der Waals surface area contributed by atoms with Crippen molar-refractivity contribution in [3.05, 3.63) is 60.3 Å². The summed E-state index contributed by atoms with van der Waals surface area (Å²) in [5.74, 6) is 1.03. The number of hydrogen-bond acceptors (Lipinski definition) is 3. The van der Waals surface area contributed by atoms with Gasteiger partial charge >= 0.3 is 0 Å². The Labute approximate surface area is 159 Å². The van der Waals surface area contributed by atoms with Crippen molar-refractivity contribution in [3.63, 3.8) is 0 Å². The summed E-state index contributed by atoms with van der Waals surface area (Å²) in [6.07, 6.45) is 1.95. The van der Waals surface area contributed by atoms with Crippen molar-refractivity contribution in [2.24, 2.45) is 7.05 Å². The minimum Gasteiger partial charge on any atom is -0.492 e. The van der Waals surface area contributed by atoms with Crippen molar-refractivity contribution in [2.75, 3.05) is 37.7 Å². The Morgan fingerprint density at radius 1 is 1.00 bits per heavy atom. The van der Waals surface area contributed by atoms with E-state index in [2.05, 4.69) is 17.0 Å². The van der Waals surface area contributed by atoms with Gasteiger partial charge in [0.05, 0.1) is 17.9 Å². The first-order chi connectivity index (χ1) is 13.2. The van der Waals surface area contributed by atoms with Crippen LogP contribution in [-0.4, -0.2) is 48.2 Å². The zero-order chi connectivity index (χ0) is 18.8.